The molecular weight excluding hydrogens is 350 g/mol. The number of halogens is 1. The third kappa shape index (κ3) is 3.22. The maximum absolute atomic E-state index is 12.1. The summed E-state index contributed by atoms with van der Waals surface area (Å²) in [4.78, 5) is 12.8. The van der Waals surface area contributed by atoms with Crippen molar-refractivity contribution in [2.45, 2.75) is 6.54 Å². The zero-order valence-electron chi connectivity index (χ0n) is 11.0. The number of nitrogens with zero attached hydrogens (tertiary/aromatic N) is 2. The monoisotopic (exact) mass is 361 g/mol. The molecule has 1 amide bonds. The Balaban J connectivity index is 1.75. The van der Waals surface area contributed by atoms with Crippen molar-refractivity contribution in [2.75, 3.05) is 0 Å². The zero-order chi connectivity index (χ0) is 14.7. The predicted octanol–water partition coefficient (Wildman–Crippen LogP) is 3.63. The van der Waals surface area contributed by atoms with Gasteiger partial charge in [-0.15, -0.1) is 11.3 Å². The molecule has 0 radical (unpaired) electrons. The van der Waals surface area contributed by atoms with Crippen LogP contribution in [0.3, 0.4) is 0 Å². The lowest BCUT2D eigenvalue weighted by molar-refractivity contribution is 0.0955. The van der Waals surface area contributed by atoms with Gasteiger partial charge in [0.05, 0.1) is 14.4 Å². The number of amides is 1. The highest BCUT2D eigenvalue weighted by Gasteiger charge is 2.10. The molecule has 0 aliphatic rings. The number of carbonyl (C=O) groups excluding carboxylic acids is 1. The minimum atomic E-state index is -0.0685. The summed E-state index contributed by atoms with van der Waals surface area (Å²) in [5.41, 5.74) is 1.99. The average Bonchev–Trinajstić information content (AvgIpc) is 3.16. The molecular formula is C15H12BrN3OS. The van der Waals surface area contributed by atoms with Gasteiger partial charge in [0.15, 0.2) is 0 Å². The van der Waals surface area contributed by atoms with Gasteiger partial charge in [0.1, 0.15) is 0 Å². The second kappa shape index (κ2) is 6.24. The molecule has 0 saturated heterocycles. The molecule has 0 unspecified atom stereocenters. The number of rotatable bonds is 4. The third-order valence-electron chi connectivity index (χ3n) is 2.98. The number of carbonyl (C=O) groups is 1. The van der Waals surface area contributed by atoms with Crippen LogP contribution in [-0.4, -0.2) is 15.7 Å². The Morgan fingerprint density at radius 2 is 2.10 bits per heavy atom. The number of para-hydroxylation sites is 1. The summed E-state index contributed by atoms with van der Waals surface area (Å²) < 4.78 is 2.74. The molecule has 6 heteroatoms. The highest BCUT2D eigenvalue weighted by Crippen LogP contribution is 2.22. The van der Waals surface area contributed by atoms with Gasteiger partial charge in [0.25, 0.3) is 5.91 Å². The summed E-state index contributed by atoms with van der Waals surface area (Å²) in [6.07, 6.45) is 3.62. The number of aromatic nitrogens is 2. The lowest BCUT2D eigenvalue weighted by Gasteiger charge is -2.10. The normalized spacial score (nSPS) is 10.5. The van der Waals surface area contributed by atoms with Crippen LogP contribution in [0.5, 0.6) is 0 Å². The van der Waals surface area contributed by atoms with Crippen LogP contribution < -0.4 is 5.32 Å². The van der Waals surface area contributed by atoms with Gasteiger partial charge in [0.2, 0.25) is 0 Å². The molecule has 21 heavy (non-hydrogen) atoms. The molecule has 2 heterocycles. The first-order valence-electron chi connectivity index (χ1n) is 6.35. The molecule has 0 atom stereocenters. The lowest BCUT2D eigenvalue weighted by atomic mass is 10.2. The summed E-state index contributed by atoms with van der Waals surface area (Å²) in [6, 6.07) is 13.4. The van der Waals surface area contributed by atoms with Crippen molar-refractivity contribution in [3.05, 3.63) is 69.1 Å². The van der Waals surface area contributed by atoms with Gasteiger partial charge in [-0.2, -0.15) is 5.10 Å². The maximum atomic E-state index is 12.1. The second-order valence-corrected chi connectivity index (χ2v) is 6.83. The van der Waals surface area contributed by atoms with E-state index in [2.05, 4.69) is 26.3 Å². The molecule has 2 aromatic heterocycles. The molecule has 0 spiro atoms. The Labute approximate surface area is 134 Å². The number of nitrogens with one attached hydrogen (secondary N) is 1. The van der Waals surface area contributed by atoms with Crippen molar-refractivity contribution in [1.82, 2.24) is 15.1 Å². The van der Waals surface area contributed by atoms with Crippen molar-refractivity contribution in [3.63, 3.8) is 0 Å². The second-order valence-electron chi connectivity index (χ2n) is 4.37. The highest BCUT2D eigenvalue weighted by molar-refractivity contribution is 9.11. The first-order valence-corrected chi connectivity index (χ1v) is 7.96. The standard InChI is InChI=1S/C15H12BrN3OS/c16-14-7-6-13(21-14)15(20)17-10-11-4-1-2-5-12(11)19-9-3-8-18-19/h1-9H,10H2,(H,17,20). The molecule has 3 aromatic rings. The molecule has 0 saturated carbocycles. The highest BCUT2D eigenvalue weighted by atomic mass is 79.9. The van der Waals surface area contributed by atoms with E-state index in [0.717, 1.165) is 15.0 Å². The van der Waals surface area contributed by atoms with E-state index < -0.39 is 0 Å². The van der Waals surface area contributed by atoms with E-state index in [9.17, 15) is 4.79 Å². The topological polar surface area (TPSA) is 46.9 Å². The third-order valence-corrected chi connectivity index (χ3v) is 4.60. The zero-order valence-corrected chi connectivity index (χ0v) is 13.4. The molecule has 0 aliphatic heterocycles. The van der Waals surface area contributed by atoms with Gasteiger partial charge in [-0.05, 0) is 45.8 Å². The molecule has 0 bridgehead atoms. The van der Waals surface area contributed by atoms with Gasteiger partial charge in [-0.3, -0.25) is 4.79 Å². The fourth-order valence-corrected chi connectivity index (χ4v) is 3.30. The van der Waals surface area contributed by atoms with Crippen molar-refractivity contribution in [1.29, 1.82) is 0 Å². The number of hydrogen-bond donors (Lipinski definition) is 1. The number of hydrogen-bond acceptors (Lipinski definition) is 3. The van der Waals surface area contributed by atoms with Crippen LogP contribution in [0.15, 0.2) is 58.6 Å². The van der Waals surface area contributed by atoms with Crippen LogP contribution in [0.1, 0.15) is 15.2 Å². The van der Waals surface area contributed by atoms with Gasteiger partial charge < -0.3 is 5.32 Å². The van der Waals surface area contributed by atoms with E-state index in [-0.39, 0.29) is 5.91 Å². The molecule has 4 nitrogen and oxygen atoms in total. The predicted molar refractivity (Wildman–Crippen MR) is 86.8 cm³/mol. The molecule has 0 aliphatic carbocycles. The average molecular weight is 362 g/mol. The summed E-state index contributed by atoms with van der Waals surface area (Å²) in [5.74, 6) is -0.0685. The van der Waals surface area contributed by atoms with Gasteiger partial charge in [-0.25, -0.2) is 4.68 Å². The van der Waals surface area contributed by atoms with E-state index in [1.165, 1.54) is 11.3 Å². The minimum absolute atomic E-state index is 0.0685. The number of benzene rings is 1. The van der Waals surface area contributed by atoms with Crippen LogP contribution in [0.4, 0.5) is 0 Å². The summed E-state index contributed by atoms with van der Waals surface area (Å²) in [5, 5.41) is 7.18. The SMILES string of the molecule is O=C(NCc1ccccc1-n1cccn1)c1ccc(Br)s1. The van der Waals surface area contributed by atoms with E-state index >= 15 is 0 Å². The van der Waals surface area contributed by atoms with Crippen molar-refractivity contribution in [3.8, 4) is 5.69 Å². The first kappa shape index (κ1) is 14.0. The van der Waals surface area contributed by atoms with E-state index in [1.807, 2.05) is 48.7 Å². The fraction of sp³-hybridized carbons (Fsp3) is 0.0667. The Kier molecular flexibility index (Phi) is 4.17. The fourth-order valence-electron chi connectivity index (χ4n) is 1.99. The molecule has 0 fully saturated rings. The van der Waals surface area contributed by atoms with Gasteiger partial charge in [0, 0.05) is 18.9 Å². The van der Waals surface area contributed by atoms with Crippen molar-refractivity contribution in [2.24, 2.45) is 0 Å². The Bertz CT molecular complexity index is 752. The molecule has 3 rings (SSSR count). The summed E-state index contributed by atoms with van der Waals surface area (Å²) in [7, 11) is 0. The largest absolute Gasteiger partial charge is 0.347 e. The Hall–Kier alpha value is -1.92. The smallest absolute Gasteiger partial charge is 0.261 e. The number of thiophene rings is 1. The summed E-state index contributed by atoms with van der Waals surface area (Å²) in [6.45, 7) is 0.463. The van der Waals surface area contributed by atoms with Crippen LogP contribution in [0.2, 0.25) is 0 Å². The van der Waals surface area contributed by atoms with Crippen molar-refractivity contribution < 1.29 is 4.79 Å². The van der Waals surface area contributed by atoms with Crippen LogP contribution in [0, 0.1) is 0 Å². The Morgan fingerprint density at radius 1 is 1.24 bits per heavy atom. The Morgan fingerprint density at radius 3 is 2.81 bits per heavy atom. The van der Waals surface area contributed by atoms with Gasteiger partial charge in [-0.1, -0.05) is 18.2 Å². The molecule has 1 N–H and O–H groups in total. The van der Waals surface area contributed by atoms with Crippen LogP contribution in [0.25, 0.3) is 5.69 Å². The van der Waals surface area contributed by atoms with E-state index in [0.29, 0.717) is 11.4 Å². The minimum Gasteiger partial charge on any atom is -0.347 e. The molecule has 1 aromatic carbocycles. The lowest BCUT2D eigenvalue weighted by Crippen LogP contribution is -2.22. The van der Waals surface area contributed by atoms with Crippen LogP contribution >= 0.6 is 27.3 Å². The van der Waals surface area contributed by atoms with Gasteiger partial charge >= 0.3 is 0 Å². The van der Waals surface area contributed by atoms with E-state index in [4.69, 9.17) is 0 Å². The summed E-state index contributed by atoms with van der Waals surface area (Å²) >= 11 is 4.78. The van der Waals surface area contributed by atoms with Crippen LogP contribution in [-0.2, 0) is 6.54 Å². The first-order chi connectivity index (χ1) is 10.2. The van der Waals surface area contributed by atoms with E-state index in [1.54, 1.807) is 10.9 Å². The maximum Gasteiger partial charge on any atom is 0.261 e. The van der Waals surface area contributed by atoms with Crippen molar-refractivity contribution >= 4 is 33.2 Å². The molecule has 106 valence electrons. The quantitative estimate of drug-likeness (QED) is 0.771.